The minimum atomic E-state index is -0.343. The number of piperidine rings is 5. The van der Waals surface area contributed by atoms with Gasteiger partial charge in [0.15, 0.2) is 5.82 Å². The summed E-state index contributed by atoms with van der Waals surface area (Å²) < 4.78 is 24.1. The second-order valence-corrected chi connectivity index (χ2v) is 33.2. The number of likely N-dealkylation sites (tertiary alicyclic amines) is 1. The van der Waals surface area contributed by atoms with Gasteiger partial charge in [-0.15, -0.1) is 0 Å². The smallest absolute Gasteiger partial charge is 0.319 e. The zero-order valence-corrected chi connectivity index (χ0v) is 61.2. The molecule has 16 nitrogen and oxygen atoms in total. The molecule has 9 aliphatic heterocycles. The van der Waals surface area contributed by atoms with Crippen LogP contribution in [0.1, 0.15) is 187 Å². The van der Waals surface area contributed by atoms with Gasteiger partial charge in [-0.05, 0) is 240 Å². The van der Waals surface area contributed by atoms with Gasteiger partial charge in [0.1, 0.15) is 17.4 Å². The molecule has 2 aromatic heterocycles. The summed E-state index contributed by atoms with van der Waals surface area (Å²) in [5.41, 5.74) is 11.2. The first-order valence-electron chi connectivity index (χ1n) is 37.9. The number of nitrogens with zero attached hydrogens (tertiary/aromatic N) is 8. The van der Waals surface area contributed by atoms with E-state index in [1.807, 2.05) is 32.9 Å². The molecule has 4 amide bonds. The molecule has 17 rings (SSSR count). The maximum absolute atomic E-state index is 13.6. The number of hydrogen-bond donors (Lipinski definition) is 4. The zero-order valence-electron chi connectivity index (χ0n) is 60.3. The molecule has 18 heteroatoms. The predicted molar refractivity (Wildman–Crippen MR) is 397 cm³/mol. The third-order valence-corrected chi connectivity index (χ3v) is 25.2. The Hall–Kier alpha value is -6.73. The fraction of sp³-hybridized carbons (Fsp3) is 0.605. The van der Waals surface area contributed by atoms with Crippen molar-refractivity contribution in [2.45, 2.75) is 263 Å². The number of ether oxygens (including phenoxy) is 1. The number of amides is 4. The number of carbonyl (C=O) groups excluding carboxylic acids is 3. The highest BCUT2D eigenvalue weighted by Gasteiger charge is 2.51. The summed E-state index contributed by atoms with van der Waals surface area (Å²) in [5.74, 6) is 4.56. The highest BCUT2D eigenvalue weighted by atomic mass is 32.1. The van der Waals surface area contributed by atoms with E-state index in [4.69, 9.17) is 14.7 Å². The molecule has 5 aromatic rings. The summed E-state index contributed by atoms with van der Waals surface area (Å²) in [7, 11) is 0. The number of anilines is 3. The summed E-state index contributed by atoms with van der Waals surface area (Å²) in [4.78, 5) is 58.9. The SMILES string of the molecule is CC(=O)N1C2C=C(CN3[C@@H]4CC[C@H]3CC(NC(=O)Nc3cc(C)cc(F)c3)C4)CC1CCC2.CC(=O)N1C2C=C(CN3[C@@H]4CC[C@H]3CC(Nc3ccc5ccc(OC(C)C)cc5n3)C4)CC1CCC2.Cc1cc(C)cc(-c2nsc(NC3CCN(CC4=CC[C@H]5C[C@@H]4C5(C)C)CC3)n2)c1. The summed E-state index contributed by atoms with van der Waals surface area (Å²) in [5, 5.41) is 15.4. The largest absolute Gasteiger partial charge is 0.491 e. The first-order valence-corrected chi connectivity index (χ1v) is 38.7. The summed E-state index contributed by atoms with van der Waals surface area (Å²) in [6.45, 7) is 24.2. The Labute approximate surface area is 592 Å². The third kappa shape index (κ3) is 16.0. The Kier molecular flexibility index (Phi) is 20.8. The first kappa shape index (κ1) is 69.4. The van der Waals surface area contributed by atoms with E-state index in [-0.39, 0.29) is 41.9 Å². The lowest BCUT2D eigenvalue weighted by atomic mass is 9.49. The van der Waals surface area contributed by atoms with Gasteiger partial charge in [0.25, 0.3) is 0 Å². The number of urea groups is 1. The van der Waals surface area contributed by atoms with Crippen molar-refractivity contribution in [3.63, 3.8) is 0 Å². The molecule has 0 radical (unpaired) electrons. The van der Waals surface area contributed by atoms with Gasteiger partial charge in [0.05, 0.1) is 23.7 Å². The van der Waals surface area contributed by atoms with Crippen molar-refractivity contribution in [3.05, 3.63) is 124 Å². The lowest BCUT2D eigenvalue weighted by Gasteiger charge is -2.57. The van der Waals surface area contributed by atoms with Crippen LogP contribution in [0.2, 0.25) is 0 Å². The molecular formula is C81H109FN12O4S. The van der Waals surface area contributed by atoms with E-state index < -0.39 is 0 Å². The number of aryl methyl sites for hydroxylation is 3. The number of fused-ring (bicyclic) bond motifs is 10. The molecule has 11 heterocycles. The van der Waals surface area contributed by atoms with Crippen LogP contribution in [0.15, 0.2) is 102 Å². The maximum atomic E-state index is 13.6. The van der Waals surface area contributed by atoms with Gasteiger partial charge in [-0.1, -0.05) is 66.0 Å². The van der Waals surface area contributed by atoms with Gasteiger partial charge in [-0.25, -0.2) is 14.2 Å². The van der Waals surface area contributed by atoms with E-state index in [1.54, 1.807) is 31.1 Å². The van der Waals surface area contributed by atoms with Crippen molar-refractivity contribution in [3.8, 4) is 17.1 Å². The minimum Gasteiger partial charge on any atom is -0.491 e. The lowest BCUT2D eigenvalue weighted by molar-refractivity contribution is -0.135. The average molecular weight is 1370 g/mol. The number of pyridine rings is 1. The van der Waals surface area contributed by atoms with Gasteiger partial charge in [0.2, 0.25) is 16.9 Å². The molecule has 99 heavy (non-hydrogen) atoms. The summed E-state index contributed by atoms with van der Waals surface area (Å²) in [6.07, 6.45) is 30.8. The van der Waals surface area contributed by atoms with Crippen molar-refractivity contribution >= 4 is 56.9 Å². The summed E-state index contributed by atoms with van der Waals surface area (Å²) >= 11 is 1.49. The Morgan fingerprint density at radius 2 is 1.24 bits per heavy atom. The van der Waals surface area contributed by atoms with Crippen LogP contribution in [0.3, 0.4) is 0 Å². The Balaban J connectivity index is 0.000000127. The highest BCUT2D eigenvalue weighted by Crippen LogP contribution is 2.59. The number of rotatable bonds is 15. The van der Waals surface area contributed by atoms with E-state index in [0.717, 1.165) is 121 Å². The highest BCUT2D eigenvalue weighted by molar-refractivity contribution is 7.09. The fourth-order valence-electron chi connectivity index (χ4n) is 19.9. The van der Waals surface area contributed by atoms with Gasteiger partial charge in [-0.2, -0.15) is 9.36 Å². The Morgan fingerprint density at radius 3 is 1.81 bits per heavy atom. The summed E-state index contributed by atoms with van der Waals surface area (Å²) in [6, 6.07) is 26.0. The molecule has 0 spiro atoms. The van der Waals surface area contributed by atoms with E-state index in [0.29, 0.717) is 65.5 Å². The molecule has 12 atom stereocenters. The molecule has 12 aliphatic rings. The second-order valence-electron chi connectivity index (χ2n) is 32.5. The van der Waals surface area contributed by atoms with Crippen LogP contribution in [-0.4, -0.2) is 162 Å². The number of halogens is 1. The number of allylic oxidation sites excluding steroid dienone is 1. The average Bonchev–Trinajstić information content (AvgIpc) is 1.18. The standard InChI is InChI=1S/C30H40N4O2.C26H35FN4O2.C25H34N4S/c1-19(2)36-28-11-7-22-8-12-30(32-29(22)17-28)31-23-15-24-9-10-25(16-23)33(24)18-21-13-26-5-4-6-27(14-21)34(26)20(3)35;1-16-8-19(27)12-20(9-16)28-26(33)29-21-13-22-6-7-23(14-21)30(22)15-18-10-24-4-3-5-25(11-18)31(24)17(2)32;1-16-11-17(2)13-19(12-16)23-27-24(30-28-23)26-21-7-9-29(10-8-21)15-18-5-6-20-14-22(18)25(20,3)4/h7-8,11-13,17,19,23-27H,4-6,9-10,14-16,18H2,1-3H3,(H,31,32);8-10,12,21-25H,3-7,11,13-15H2,1-2H3,(H2,28,29,33);5,11-13,20-22H,6-10,14-15H2,1-4H3,(H,26,27,28)/t23?,24-,25+,26?,27?;21?,22-,23+,24?,25?;20-,22-/m..0/s1. The molecule has 7 saturated heterocycles. The quantitative estimate of drug-likeness (QED) is 0.0735. The predicted octanol–water partition coefficient (Wildman–Crippen LogP) is 15.6. The van der Waals surface area contributed by atoms with E-state index >= 15 is 0 Å². The monoisotopic (exact) mass is 1360 g/mol. The van der Waals surface area contributed by atoms with E-state index in [9.17, 15) is 18.8 Å². The van der Waals surface area contributed by atoms with Crippen molar-refractivity contribution in [2.24, 2.45) is 17.3 Å². The molecule has 6 unspecified atom stereocenters. The van der Waals surface area contributed by atoms with Crippen LogP contribution in [-0.2, 0) is 9.59 Å². The Morgan fingerprint density at radius 1 is 0.646 bits per heavy atom. The number of carbonyl (C=O) groups is 3. The number of nitrogens with one attached hydrogen (secondary N) is 4. The van der Waals surface area contributed by atoms with E-state index in [2.05, 4.69) is 132 Å². The molecule has 8 fully saturated rings. The fourth-order valence-corrected chi connectivity index (χ4v) is 20.6. The molecular weight excluding hydrogens is 1260 g/mol. The van der Waals surface area contributed by atoms with Crippen LogP contribution in [0.25, 0.3) is 22.3 Å². The van der Waals surface area contributed by atoms with Gasteiger partial charge in [0, 0.05) is 135 Å². The number of hydrogen-bond acceptors (Lipinski definition) is 13. The molecule has 10 bridgehead atoms. The van der Waals surface area contributed by atoms with Crippen molar-refractivity contribution in [1.29, 1.82) is 0 Å². The van der Waals surface area contributed by atoms with Gasteiger partial charge < -0.3 is 35.8 Å². The van der Waals surface area contributed by atoms with Crippen molar-refractivity contribution in [1.82, 2.24) is 44.2 Å². The lowest BCUT2D eigenvalue weighted by Crippen LogP contribution is -2.54. The molecule has 3 aromatic carbocycles. The third-order valence-electron chi connectivity index (χ3n) is 24.5. The van der Waals surface area contributed by atoms with Gasteiger partial charge in [-0.3, -0.25) is 24.3 Å². The van der Waals surface area contributed by atoms with Crippen molar-refractivity contribution < 1.29 is 23.5 Å². The molecule has 3 aliphatic carbocycles. The van der Waals surface area contributed by atoms with Crippen LogP contribution in [0, 0.1) is 43.8 Å². The van der Waals surface area contributed by atoms with Crippen LogP contribution >= 0.6 is 11.5 Å². The maximum Gasteiger partial charge on any atom is 0.319 e. The minimum absolute atomic E-state index is 0.140. The topological polar surface area (TPSA) is 163 Å². The first-order chi connectivity index (χ1) is 47.7. The molecule has 530 valence electrons. The van der Waals surface area contributed by atoms with Crippen LogP contribution in [0.4, 0.5) is 25.8 Å². The second kappa shape index (κ2) is 29.7. The van der Waals surface area contributed by atoms with Crippen molar-refractivity contribution in [2.75, 3.05) is 48.7 Å². The van der Waals surface area contributed by atoms with E-state index in [1.165, 1.54) is 137 Å². The zero-order chi connectivity index (χ0) is 68.8. The van der Waals surface area contributed by atoms with Gasteiger partial charge >= 0.3 is 6.03 Å². The Bertz CT molecular complexity index is 3790. The normalized spacial score (nSPS) is 29.2. The van der Waals surface area contributed by atoms with Crippen LogP contribution < -0.4 is 26.0 Å². The van der Waals surface area contributed by atoms with Crippen LogP contribution in [0.5, 0.6) is 5.75 Å². The number of aromatic nitrogens is 3. The molecule has 1 saturated carbocycles. The number of benzene rings is 3. The molecule has 4 N–H and O–H groups in total.